The van der Waals surface area contributed by atoms with Crippen molar-refractivity contribution in [2.45, 2.75) is 31.4 Å². The van der Waals surface area contributed by atoms with Gasteiger partial charge in [0.25, 0.3) is 12.3 Å². The number of likely N-dealkylation sites (tertiary alicyclic amines) is 1. The van der Waals surface area contributed by atoms with E-state index in [1.54, 1.807) is 31.3 Å². The molecule has 0 unspecified atom stereocenters. The van der Waals surface area contributed by atoms with E-state index < -0.39 is 38.5 Å². The topological polar surface area (TPSA) is 85.4 Å². The molecule has 3 aromatic heterocycles. The van der Waals surface area contributed by atoms with Crippen LogP contribution in [0.4, 0.5) is 23.5 Å². The molecule has 13 heteroatoms. The molecule has 1 atom stereocenters. The minimum Gasteiger partial charge on any atom is -0.479 e. The molecule has 1 aromatic carbocycles. The number of halogens is 4. The first kappa shape index (κ1) is 18.9. The van der Waals surface area contributed by atoms with Gasteiger partial charge in [-0.2, -0.15) is 4.98 Å². The van der Waals surface area contributed by atoms with Crippen LogP contribution in [-0.2, 0) is 6.54 Å². The van der Waals surface area contributed by atoms with Crippen molar-refractivity contribution in [3.05, 3.63) is 30.5 Å². The Balaban J connectivity index is 1.58. The lowest BCUT2D eigenvalue weighted by Crippen LogP contribution is -2.53. The molecule has 180 valence electrons. The molecule has 0 radical (unpaired) electrons. The normalized spacial score (nSPS) is 20.4. The predicted octanol–water partition coefficient (Wildman–Crippen LogP) is 3.17. The van der Waals surface area contributed by atoms with Gasteiger partial charge in [-0.3, -0.25) is 0 Å². The molecular formula is C21H22F4N8O. The minimum absolute atomic E-state index is 0.123. The van der Waals surface area contributed by atoms with E-state index in [4.69, 9.17) is 8.85 Å². The molecule has 0 saturated carbocycles. The Morgan fingerprint density at radius 3 is 2.94 bits per heavy atom. The number of rotatable bonds is 6. The Morgan fingerprint density at radius 1 is 1.32 bits per heavy atom. The number of fused-ring (bicyclic) bond motifs is 2. The summed E-state index contributed by atoms with van der Waals surface area (Å²) in [6, 6.07) is 5.17. The molecule has 1 aliphatic rings. The quantitative estimate of drug-likeness (QED) is 0.424. The lowest BCUT2D eigenvalue weighted by atomic mass is 10.0. The molecule has 34 heavy (non-hydrogen) atoms. The van der Waals surface area contributed by atoms with Crippen molar-refractivity contribution in [2.24, 2.45) is 0 Å². The van der Waals surface area contributed by atoms with Gasteiger partial charge in [-0.15, -0.1) is 10.2 Å². The number of alkyl halides is 4. The lowest BCUT2D eigenvalue weighted by molar-refractivity contribution is -0.0675. The van der Waals surface area contributed by atoms with Gasteiger partial charge in [0.15, 0.2) is 0 Å². The summed E-state index contributed by atoms with van der Waals surface area (Å²) < 4.78 is 85.3. The van der Waals surface area contributed by atoms with Gasteiger partial charge in [-0.25, -0.2) is 26.8 Å². The zero-order valence-corrected chi connectivity index (χ0v) is 17.9. The number of benzene rings is 1. The van der Waals surface area contributed by atoms with Crippen LogP contribution in [0.5, 0.6) is 5.88 Å². The van der Waals surface area contributed by atoms with Crippen molar-refractivity contribution < 1.29 is 26.4 Å². The van der Waals surface area contributed by atoms with Gasteiger partial charge in [-0.05, 0) is 37.2 Å². The molecule has 1 N–H and O–H groups in total. The predicted molar refractivity (Wildman–Crippen MR) is 117 cm³/mol. The van der Waals surface area contributed by atoms with E-state index >= 15 is 0 Å². The minimum atomic E-state index is -3.07. The summed E-state index contributed by atoms with van der Waals surface area (Å²) in [6.07, 6.45) is -1.02. The van der Waals surface area contributed by atoms with Gasteiger partial charge in [0.2, 0.25) is 11.8 Å². The van der Waals surface area contributed by atoms with Crippen LogP contribution >= 0.6 is 0 Å². The summed E-state index contributed by atoms with van der Waals surface area (Å²) in [5, 5.41) is 14.5. The van der Waals surface area contributed by atoms with Gasteiger partial charge in [0.1, 0.15) is 17.6 Å². The van der Waals surface area contributed by atoms with E-state index in [1.165, 1.54) is 15.6 Å². The summed E-state index contributed by atoms with van der Waals surface area (Å²) in [4.78, 5) is 5.65. The Bertz CT molecular complexity index is 1440. The first-order valence-corrected chi connectivity index (χ1v) is 10.4. The summed E-state index contributed by atoms with van der Waals surface area (Å²) in [6.45, 7) is -0.663. The van der Waals surface area contributed by atoms with Crippen LogP contribution in [0.2, 0.25) is 0 Å². The van der Waals surface area contributed by atoms with Crippen molar-refractivity contribution in [3.8, 4) is 17.0 Å². The van der Waals surface area contributed by atoms with Crippen LogP contribution in [0.1, 0.15) is 10.5 Å². The number of hydrogen-bond acceptors (Lipinski definition) is 7. The number of nitrogens with one attached hydrogen (secondary N) is 1. The largest absolute Gasteiger partial charge is 0.479 e. The highest BCUT2D eigenvalue weighted by atomic mass is 19.3. The zero-order chi connectivity index (χ0) is 26.5. The highest BCUT2D eigenvalue weighted by Gasteiger charge is 2.44. The Kier molecular flexibility index (Phi) is 4.66. The van der Waals surface area contributed by atoms with Gasteiger partial charge in [0, 0.05) is 18.3 Å². The Hall–Kier alpha value is -3.48. The average molecular weight is 481 g/mol. The second kappa shape index (κ2) is 8.38. The molecule has 5 rings (SSSR count). The van der Waals surface area contributed by atoms with E-state index in [0.717, 1.165) is 4.68 Å². The number of hydrogen-bond donors (Lipinski definition) is 1. The number of nitrogens with zero attached hydrogens (tertiary/aromatic N) is 7. The van der Waals surface area contributed by atoms with E-state index in [-0.39, 0.29) is 23.8 Å². The summed E-state index contributed by atoms with van der Waals surface area (Å²) >= 11 is 0. The molecule has 4 aromatic rings. The molecule has 1 saturated heterocycles. The third-order valence-electron chi connectivity index (χ3n) is 5.81. The van der Waals surface area contributed by atoms with Crippen molar-refractivity contribution in [1.82, 2.24) is 34.5 Å². The number of anilines is 1. The van der Waals surface area contributed by atoms with Crippen molar-refractivity contribution >= 4 is 22.5 Å². The molecule has 0 aliphatic carbocycles. The smallest absolute Gasteiger partial charge is 0.280 e. The summed E-state index contributed by atoms with van der Waals surface area (Å²) in [5.74, 6) is -3.64. The molecular weight excluding hydrogens is 456 g/mol. The fourth-order valence-corrected chi connectivity index (χ4v) is 4.20. The average Bonchev–Trinajstić information content (AvgIpc) is 3.38. The third-order valence-corrected chi connectivity index (χ3v) is 5.81. The van der Waals surface area contributed by atoms with E-state index in [2.05, 4.69) is 25.7 Å². The van der Waals surface area contributed by atoms with Gasteiger partial charge >= 0.3 is 0 Å². The maximum absolute atomic E-state index is 14.6. The Morgan fingerprint density at radius 2 is 2.18 bits per heavy atom. The van der Waals surface area contributed by atoms with Crippen LogP contribution in [0.15, 0.2) is 30.5 Å². The first-order valence-electron chi connectivity index (χ1n) is 11.9. The van der Waals surface area contributed by atoms with Crippen molar-refractivity contribution in [2.75, 3.05) is 32.5 Å². The van der Waals surface area contributed by atoms with Gasteiger partial charge in [-0.1, -0.05) is 11.3 Å². The maximum Gasteiger partial charge on any atom is 0.280 e. The van der Waals surface area contributed by atoms with Crippen LogP contribution in [-0.4, -0.2) is 80.1 Å². The third kappa shape index (κ3) is 4.00. The zero-order valence-electron chi connectivity index (χ0n) is 20.9. The molecule has 1 fully saturated rings. The standard InChI is InChI=1S/C21H22F4N8O/c1-31-7-6-16(21(24,25)11-31)26-20-27-19(34-2)18-13(5-8-32(18)29-20)12-3-4-14-15(9-12)33(30-28-14)10-17(22)23/h3-5,8-9,16-17H,6-7,10-11H2,1-2H3,(H,26,29)/t16-/m1/s1/i2D3. The molecule has 0 bridgehead atoms. The molecule has 0 amide bonds. The Labute approximate surface area is 195 Å². The SMILES string of the molecule is [2H]C([2H])([2H])Oc1nc(N[C@@H]2CCN(C)CC2(F)F)nn2ccc(-c3ccc4nnn(CC(F)F)c4c3)c12. The first-order chi connectivity index (χ1) is 17.4. The molecule has 1 aliphatic heterocycles. The van der Waals surface area contributed by atoms with Crippen LogP contribution in [0.25, 0.3) is 27.7 Å². The van der Waals surface area contributed by atoms with Gasteiger partial charge < -0.3 is 15.0 Å². The van der Waals surface area contributed by atoms with E-state index in [0.29, 0.717) is 28.7 Å². The summed E-state index contributed by atoms with van der Waals surface area (Å²) in [7, 11) is -1.29. The van der Waals surface area contributed by atoms with Crippen molar-refractivity contribution in [3.63, 3.8) is 0 Å². The lowest BCUT2D eigenvalue weighted by Gasteiger charge is -2.36. The highest BCUT2D eigenvalue weighted by Crippen LogP contribution is 2.34. The number of methoxy groups -OCH3 is 1. The van der Waals surface area contributed by atoms with Crippen molar-refractivity contribution in [1.29, 1.82) is 0 Å². The van der Waals surface area contributed by atoms with E-state index in [1.807, 2.05) is 0 Å². The van der Waals surface area contributed by atoms with Crippen LogP contribution in [0.3, 0.4) is 0 Å². The molecule has 9 nitrogen and oxygen atoms in total. The molecule has 4 heterocycles. The van der Waals surface area contributed by atoms with Gasteiger partial charge in [0.05, 0.1) is 29.3 Å². The van der Waals surface area contributed by atoms with Crippen LogP contribution < -0.4 is 10.1 Å². The van der Waals surface area contributed by atoms with Crippen LogP contribution in [0, 0.1) is 0 Å². The number of ether oxygens (including phenoxy) is 1. The number of piperidine rings is 1. The fourth-order valence-electron chi connectivity index (χ4n) is 4.20. The molecule has 0 spiro atoms. The fraction of sp³-hybridized carbons (Fsp3) is 0.429. The second-order valence-electron chi connectivity index (χ2n) is 8.22. The summed E-state index contributed by atoms with van der Waals surface area (Å²) in [5.41, 5.74) is 1.84. The number of aromatic nitrogens is 6. The second-order valence-corrected chi connectivity index (χ2v) is 8.22. The van der Waals surface area contributed by atoms with E-state index in [9.17, 15) is 17.6 Å². The highest BCUT2D eigenvalue weighted by molar-refractivity contribution is 5.89. The monoisotopic (exact) mass is 481 g/mol. The maximum atomic E-state index is 14.6.